The second-order valence-corrected chi connectivity index (χ2v) is 5.11. The Morgan fingerprint density at radius 3 is 1.75 bits per heavy atom. The zero-order valence-corrected chi connectivity index (χ0v) is 9.54. The van der Waals surface area contributed by atoms with E-state index in [1.807, 2.05) is 0 Å². The molecule has 0 rings (SSSR count). The molecule has 0 aliphatic rings. The first-order valence-corrected chi connectivity index (χ1v) is 5.18. The number of hydrogen-bond donors (Lipinski definition) is 0. The highest BCUT2D eigenvalue weighted by Gasteiger charge is 2.28. The summed E-state index contributed by atoms with van der Waals surface area (Å²) in [6.45, 7) is 15.7. The molecule has 0 spiro atoms. The van der Waals surface area contributed by atoms with E-state index in [4.69, 9.17) is 0 Å². The van der Waals surface area contributed by atoms with Gasteiger partial charge in [0.1, 0.15) is 0 Å². The Hall–Kier alpha value is 0. The van der Waals surface area contributed by atoms with E-state index in [-0.39, 0.29) is 0 Å². The molecular formula is C12H25. The maximum atomic E-state index is 4.05. The summed E-state index contributed by atoms with van der Waals surface area (Å²) in [5.74, 6) is 0. The van der Waals surface area contributed by atoms with E-state index in [1.54, 1.807) is 0 Å². The molecule has 0 fully saturated rings. The van der Waals surface area contributed by atoms with Crippen molar-refractivity contribution in [2.45, 2.75) is 60.3 Å². The van der Waals surface area contributed by atoms with E-state index in [9.17, 15) is 0 Å². The van der Waals surface area contributed by atoms with Gasteiger partial charge in [-0.25, -0.2) is 0 Å². The molecule has 0 aromatic carbocycles. The molecule has 0 heteroatoms. The van der Waals surface area contributed by atoms with Gasteiger partial charge < -0.3 is 0 Å². The number of rotatable bonds is 5. The van der Waals surface area contributed by atoms with Gasteiger partial charge in [0.2, 0.25) is 0 Å². The van der Waals surface area contributed by atoms with E-state index < -0.39 is 0 Å². The molecule has 0 heterocycles. The lowest BCUT2D eigenvalue weighted by atomic mass is 9.70. The summed E-state index contributed by atoms with van der Waals surface area (Å²) in [5.41, 5.74) is 0.946. The van der Waals surface area contributed by atoms with Gasteiger partial charge in [0, 0.05) is 0 Å². The van der Waals surface area contributed by atoms with Gasteiger partial charge in [-0.1, -0.05) is 54.4 Å². The minimum atomic E-state index is 0.458. The molecule has 1 unspecified atom stereocenters. The lowest BCUT2D eigenvalue weighted by Gasteiger charge is -2.35. The minimum Gasteiger partial charge on any atom is -0.0649 e. The van der Waals surface area contributed by atoms with Crippen molar-refractivity contribution in [3.8, 4) is 0 Å². The van der Waals surface area contributed by atoms with Crippen LogP contribution in [0.15, 0.2) is 0 Å². The van der Waals surface area contributed by atoms with Crippen molar-refractivity contribution in [3.63, 3.8) is 0 Å². The van der Waals surface area contributed by atoms with Gasteiger partial charge in [0.05, 0.1) is 0 Å². The maximum absolute atomic E-state index is 4.05. The Morgan fingerprint density at radius 1 is 1.00 bits per heavy atom. The lowest BCUT2D eigenvalue weighted by Crippen LogP contribution is -2.24. The highest BCUT2D eigenvalue weighted by molar-refractivity contribution is 4.81. The molecule has 0 bridgehead atoms. The minimum absolute atomic E-state index is 0.458. The summed E-state index contributed by atoms with van der Waals surface area (Å²) in [6.07, 6.45) is 4.88. The van der Waals surface area contributed by atoms with Crippen LogP contribution in [0.4, 0.5) is 0 Å². The summed E-state index contributed by atoms with van der Waals surface area (Å²) in [7, 11) is 0. The average molecular weight is 169 g/mol. The zero-order valence-electron chi connectivity index (χ0n) is 9.54. The highest BCUT2D eigenvalue weighted by Crippen LogP contribution is 2.40. The first kappa shape index (κ1) is 12.0. The van der Waals surface area contributed by atoms with Crippen LogP contribution in [0.2, 0.25) is 0 Å². The second-order valence-electron chi connectivity index (χ2n) is 5.11. The van der Waals surface area contributed by atoms with Crippen LogP contribution in [0.3, 0.4) is 0 Å². The topological polar surface area (TPSA) is 0 Å². The quantitative estimate of drug-likeness (QED) is 0.570. The smallest absolute Gasteiger partial charge is 0.0323 e. The van der Waals surface area contributed by atoms with Crippen LogP contribution in [0.25, 0.3) is 0 Å². The van der Waals surface area contributed by atoms with Gasteiger partial charge in [-0.15, -0.1) is 0 Å². The Balaban J connectivity index is 4.20. The normalized spacial score (nSPS) is 13.5. The third kappa shape index (κ3) is 3.60. The van der Waals surface area contributed by atoms with Gasteiger partial charge >= 0.3 is 0 Å². The van der Waals surface area contributed by atoms with Crippen LogP contribution in [0, 0.1) is 17.8 Å². The Morgan fingerprint density at radius 2 is 1.50 bits per heavy atom. The largest absolute Gasteiger partial charge is 0.0649 e. The van der Waals surface area contributed by atoms with Crippen molar-refractivity contribution in [1.29, 1.82) is 0 Å². The summed E-state index contributed by atoms with van der Waals surface area (Å²) < 4.78 is 0. The van der Waals surface area contributed by atoms with Crippen LogP contribution in [0.5, 0.6) is 0 Å². The standard InChI is InChI=1S/C12H25/c1-7-11(4,5)10-12(6,8-2)9-3/h2,7-10H2,1,3-6H3. The van der Waals surface area contributed by atoms with Crippen LogP contribution >= 0.6 is 0 Å². The first-order valence-electron chi connectivity index (χ1n) is 5.18. The van der Waals surface area contributed by atoms with Crippen LogP contribution in [0.1, 0.15) is 60.3 Å². The van der Waals surface area contributed by atoms with Crippen LogP contribution in [-0.2, 0) is 0 Å². The van der Waals surface area contributed by atoms with Crippen LogP contribution < -0.4 is 0 Å². The predicted molar refractivity (Wildman–Crippen MR) is 57.1 cm³/mol. The van der Waals surface area contributed by atoms with Crippen LogP contribution in [-0.4, -0.2) is 0 Å². The van der Waals surface area contributed by atoms with Crippen molar-refractivity contribution >= 4 is 0 Å². The molecule has 0 saturated heterocycles. The second kappa shape index (κ2) is 4.30. The third-order valence-corrected chi connectivity index (χ3v) is 3.32. The molecule has 12 heavy (non-hydrogen) atoms. The lowest BCUT2D eigenvalue weighted by molar-refractivity contribution is 0.166. The molecule has 0 aromatic rings. The molecule has 0 aliphatic carbocycles. The molecular weight excluding hydrogens is 144 g/mol. The van der Waals surface area contributed by atoms with E-state index in [2.05, 4.69) is 41.5 Å². The Labute approximate surface area is 78.8 Å². The van der Waals surface area contributed by atoms with E-state index >= 15 is 0 Å². The predicted octanol–water partition coefficient (Wildman–Crippen LogP) is 4.45. The molecule has 0 amide bonds. The van der Waals surface area contributed by atoms with Gasteiger partial charge in [0.25, 0.3) is 0 Å². The highest BCUT2D eigenvalue weighted by atomic mass is 14.3. The fourth-order valence-corrected chi connectivity index (χ4v) is 1.67. The molecule has 0 aliphatic heterocycles. The molecule has 1 atom stereocenters. The van der Waals surface area contributed by atoms with Gasteiger partial charge in [-0.05, 0) is 23.7 Å². The van der Waals surface area contributed by atoms with Gasteiger partial charge in [-0.3, -0.25) is 0 Å². The number of hydrogen-bond acceptors (Lipinski definition) is 0. The first-order chi connectivity index (χ1) is 5.39. The molecule has 0 saturated carbocycles. The Kier molecular flexibility index (Phi) is 4.30. The summed E-state index contributed by atoms with van der Waals surface area (Å²) >= 11 is 0. The molecule has 1 radical (unpaired) electrons. The van der Waals surface area contributed by atoms with Gasteiger partial charge in [-0.2, -0.15) is 0 Å². The molecule has 0 aromatic heterocycles. The summed E-state index contributed by atoms with van der Waals surface area (Å²) in [4.78, 5) is 0. The zero-order chi connectivity index (χ0) is 9.83. The van der Waals surface area contributed by atoms with Crippen molar-refractivity contribution < 1.29 is 0 Å². The molecule has 0 nitrogen and oxygen atoms in total. The molecule has 73 valence electrons. The van der Waals surface area contributed by atoms with Crippen molar-refractivity contribution in [3.05, 3.63) is 6.92 Å². The fraction of sp³-hybridized carbons (Fsp3) is 0.917. The third-order valence-electron chi connectivity index (χ3n) is 3.32. The van der Waals surface area contributed by atoms with E-state index in [0.717, 1.165) is 6.42 Å². The van der Waals surface area contributed by atoms with E-state index in [1.165, 1.54) is 19.3 Å². The van der Waals surface area contributed by atoms with Crippen molar-refractivity contribution in [2.75, 3.05) is 0 Å². The van der Waals surface area contributed by atoms with Gasteiger partial charge in [0.15, 0.2) is 0 Å². The SMILES string of the molecule is [CH2]CC(C)(CC)CC(C)(C)CC. The average Bonchev–Trinajstić information content (AvgIpc) is 2.04. The molecule has 0 N–H and O–H groups in total. The van der Waals surface area contributed by atoms with Crippen molar-refractivity contribution in [2.24, 2.45) is 10.8 Å². The monoisotopic (exact) mass is 169 g/mol. The summed E-state index contributed by atoms with van der Waals surface area (Å²) in [6, 6.07) is 0. The maximum Gasteiger partial charge on any atom is -0.0323 e. The fourth-order valence-electron chi connectivity index (χ4n) is 1.67. The van der Waals surface area contributed by atoms with Crippen molar-refractivity contribution in [1.82, 2.24) is 0 Å². The van der Waals surface area contributed by atoms with E-state index in [0.29, 0.717) is 10.8 Å². The summed E-state index contributed by atoms with van der Waals surface area (Å²) in [5, 5.41) is 0. The Bertz CT molecular complexity index is 118.